The molecule has 4 fully saturated rings. The molecule has 9 unspecified atom stereocenters. The van der Waals surface area contributed by atoms with Crippen molar-refractivity contribution in [3.05, 3.63) is 11.6 Å². The van der Waals surface area contributed by atoms with Gasteiger partial charge in [0.1, 0.15) is 0 Å². The van der Waals surface area contributed by atoms with Crippen molar-refractivity contribution in [2.24, 2.45) is 46.3 Å². The molecule has 0 amide bonds. The fourth-order valence-electron chi connectivity index (χ4n) is 9.06. The molecule has 4 aliphatic rings. The first-order valence-corrected chi connectivity index (χ1v) is 12.7. The maximum atomic E-state index is 11.1. The number of carboxylic acid groups (broad SMARTS) is 1. The lowest BCUT2D eigenvalue weighted by molar-refractivity contribution is -0.132. The number of aliphatic hydroxyl groups is 1. The Labute approximate surface area is 183 Å². The van der Waals surface area contributed by atoms with Crippen molar-refractivity contribution in [2.75, 3.05) is 0 Å². The topological polar surface area (TPSA) is 57.5 Å². The largest absolute Gasteiger partial charge is 0.478 e. The minimum atomic E-state index is -0.784. The van der Waals surface area contributed by atoms with E-state index in [4.69, 9.17) is 5.11 Å². The van der Waals surface area contributed by atoms with Crippen LogP contribution in [0.15, 0.2) is 11.6 Å². The summed E-state index contributed by atoms with van der Waals surface area (Å²) in [5.74, 6) is 4.07. The van der Waals surface area contributed by atoms with Crippen molar-refractivity contribution in [3.8, 4) is 0 Å². The molecule has 170 valence electrons. The molecule has 0 aromatic heterocycles. The van der Waals surface area contributed by atoms with E-state index in [2.05, 4.69) is 20.8 Å². The Bertz CT molecular complexity index is 684. The molecule has 9 atom stereocenters. The highest BCUT2D eigenvalue weighted by atomic mass is 16.4. The minimum absolute atomic E-state index is 0.0518. The highest BCUT2D eigenvalue weighted by Crippen LogP contribution is 2.68. The molecule has 3 nitrogen and oxygen atoms in total. The lowest BCUT2D eigenvalue weighted by Crippen LogP contribution is -2.54. The molecule has 4 rings (SSSR count). The third-order valence-electron chi connectivity index (χ3n) is 10.8. The standard InChI is InChI=1S/C27H44O3/c1-17(6-5-7-18(2)25(29)30)22-10-11-23-21-9-8-19-16-20(28)12-14-26(19,3)24(21)13-15-27(22,23)4/h7,17,19-24,28H,5-6,8-16H2,1-4H3,(H,29,30)/b18-7+. The summed E-state index contributed by atoms with van der Waals surface area (Å²) in [6.45, 7) is 9.33. The maximum Gasteiger partial charge on any atom is 0.330 e. The fraction of sp³-hybridized carbons (Fsp3) is 0.889. The van der Waals surface area contributed by atoms with Crippen LogP contribution in [0.5, 0.6) is 0 Å². The van der Waals surface area contributed by atoms with E-state index in [0.717, 1.165) is 55.3 Å². The summed E-state index contributed by atoms with van der Waals surface area (Å²) < 4.78 is 0. The van der Waals surface area contributed by atoms with Crippen molar-refractivity contribution in [1.82, 2.24) is 0 Å². The van der Waals surface area contributed by atoms with Crippen molar-refractivity contribution < 1.29 is 15.0 Å². The maximum absolute atomic E-state index is 11.1. The number of fused-ring (bicyclic) bond motifs is 5. The van der Waals surface area contributed by atoms with Gasteiger partial charge in [0, 0.05) is 5.57 Å². The summed E-state index contributed by atoms with van der Waals surface area (Å²) in [5.41, 5.74) is 1.43. The van der Waals surface area contributed by atoms with Gasteiger partial charge < -0.3 is 10.2 Å². The fourth-order valence-corrected chi connectivity index (χ4v) is 9.06. The zero-order valence-corrected chi connectivity index (χ0v) is 19.7. The van der Waals surface area contributed by atoms with Crippen molar-refractivity contribution in [1.29, 1.82) is 0 Å². The smallest absolute Gasteiger partial charge is 0.330 e. The summed E-state index contributed by atoms with van der Waals surface area (Å²) in [4.78, 5) is 11.1. The molecule has 0 heterocycles. The van der Waals surface area contributed by atoms with Crippen molar-refractivity contribution >= 4 is 5.97 Å². The van der Waals surface area contributed by atoms with Crippen molar-refractivity contribution in [2.45, 2.75) is 104 Å². The first-order chi connectivity index (χ1) is 14.2. The molecule has 0 aromatic rings. The number of rotatable bonds is 5. The molecular formula is C27H44O3. The van der Waals surface area contributed by atoms with E-state index in [1.165, 1.54) is 44.9 Å². The second-order valence-electron chi connectivity index (χ2n) is 12.1. The Hall–Kier alpha value is -0.830. The zero-order chi connectivity index (χ0) is 21.7. The molecule has 0 bridgehead atoms. The number of aliphatic carboxylic acids is 1. The minimum Gasteiger partial charge on any atom is -0.478 e. The van der Waals surface area contributed by atoms with Crippen LogP contribution in [-0.4, -0.2) is 22.3 Å². The van der Waals surface area contributed by atoms with Gasteiger partial charge in [-0.15, -0.1) is 0 Å². The molecular weight excluding hydrogens is 372 g/mol. The van der Waals surface area contributed by atoms with E-state index in [-0.39, 0.29) is 6.10 Å². The van der Waals surface area contributed by atoms with Crippen LogP contribution >= 0.6 is 0 Å². The number of aliphatic hydroxyl groups excluding tert-OH is 1. The van der Waals surface area contributed by atoms with Crippen LogP contribution in [0.25, 0.3) is 0 Å². The number of hydrogen-bond acceptors (Lipinski definition) is 2. The monoisotopic (exact) mass is 416 g/mol. The summed E-state index contributed by atoms with van der Waals surface area (Å²) in [7, 11) is 0. The first-order valence-electron chi connectivity index (χ1n) is 12.7. The van der Waals surface area contributed by atoms with Crippen LogP contribution in [0, 0.1) is 46.3 Å². The second kappa shape index (κ2) is 8.26. The van der Waals surface area contributed by atoms with E-state index in [1.807, 2.05) is 6.08 Å². The van der Waals surface area contributed by atoms with Crippen LogP contribution in [-0.2, 0) is 4.79 Å². The van der Waals surface area contributed by atoms with Crippen LogP contribution in [0.3, 0.4) is 0 Å². The van der Waals surface area contributed by atoms with E-state index >= 15 is 0 Å². The molecule has 0 aliphatic heterocycles. The van der Waals surface area contributed by atoms with E-state index < -0.39 is 5.97 Å². The van der Waals surface area contributed by atoms with E-state index in [1.54, 1.807) is 6.92 Å². The van der Waals surface area contributed by atoms with Gasteiger partial charge >= 0.3 is 5.97 Å². The lowest BCUT2D eigenvalue weighted by atomic mass is 9.44. The number of carbonyl (C=O) groups is 1. The van der Waals surface area contributed by atoms with Gasteiger partial charge in [-0.1, -0.05) is 26.8 Å². The first kappa shape index (κ1) is 22.4. The molecule has 2 N–H and O–H groups in total. The van der Waals surface area contributed by atoms with Crippen LogP contribution < -0.4 is 0 Å². The Kier molecular flexibility index (Phi) is 6.16. The van der Waals surface area contributed by atoms with Gasteiger partial charge in [0.15, 0.2) is 0 Å². The lowest BCUT2D eigenvalue weighted by Gasteiger charge is -2.61. The highest BCUT2D eigenvalue weighted by molar-refractivity contribution is 5.85. The molecule has 3 heteroatoms. The summed E-state index contributed by atoms with van der Waals surface area (Å²) in [6, 6.07) is 0. The van der Waals surface area contributed by atoms with E-state index in [9.17, 15) is 9.90 Å². The predicted molar refractivity (Wildman–Crippen MR) is 121 cm³/mol. The molecule has 0 radical (unpaired) electrons. The van der Waals surface area contributed by atoms with E-state index in [0.29, 0.717) is 22.3 Å². The molecule has 0 spiro atoms. The average molecular weight is 417 g/mol. The molecule has 4 aliphatic carbocycles. The Morgan fingerprint density at radius 2 is 1.73 bits per heavy atom. The SMILES string of the molecule is C/C(=C\CCC(C)C1CCC2C3CCC4CC(O)CCC4(C)C3CCC12C)C(=O)O. The van der Waals surface area contributed by atoms with Gasteiger partial charge in [0.05, 0.1) is 6.10 Å². The van der Waals surface area contributed by atoms with Crippen molar-refractivity contribution in [3.63, 3.8) is 0 Å². The molecule has 0 aromatic carbocycles. The summed E-state index contributed by atoms with van der Waals surface area (Å²) >= 11 is 0. The van der Waals surface area contributed by atoms with Gasteiger partial charge in [-0.05, 0) is 124 Å². The third kappa shape index (κ3) is 3.67. The van der Waals surface area contributed by atoms with Crippen LogP contribution in [0.2, 0.25) is 0 Å². The quantitative estimate of drug-likeness (QED) is 0.506. The second-order valence-corrected chi connectivity index (χ2v) is 12.1. The number of carboxylic acids is 1. The molecule has 4 saturated carbocycles. The Morgan fingerprint density at radius 1 is 1.03 bits per heavy atom. The van der Waals surface area contributed by atoms with Gasteiger partial charge in [-0.3, -0.25) is 0 Å². The summed E-state index contributed by atoms with van der Waals surface area (Å²) in [6.07, 6.45) is 15.4. The van der Waals surface area contributed by atoms with Gasteiger partial charge in [0.2, 0.25) is 0 Å². The van der Waals surface area contributed by atoms with Gasteiger partial charge in [0.25, 0.3) is 0 Å². The van der Waals surface area contributed by atoms with Crippen LogP contribution in [0.4, 0.5) is 0 Å². The third-order valence-corrected chi connectivity index (χ3v) is 10.8. The predicted octanol–water partition coefficient (Wildman–Crippen LogP) is 6.45. The molecule has 30 heavy (non-hydrogen) atoms. The number of hydrogen-bond donors (Lipinski definition) is 2. The summed E-state index contributed by atoms with van der Waals surface area (Å²) in [5, 5.41) is 19.3. The zero-order valence-electron chi connectivity index (χ0n) is 19.7. The normalized spacial score (nSPS) is 47.2. The van der Waals surface area contributed by atoms with Gasteiger partial charge in [-0.2, -0.15) is 0 Å². The molecule has 0 saturated heterocycles. The van der Waals surface area contributed by atoms with Crippen LogP contribution in [0.1, 0.15) is 98.3 Å². The average Bonchev–Trinajstić information content (AvgIpc) is 3.05. The number of allylic oxidation sites excluding steroid dienone is 1. The highest BCUT2D eigenvalue weighted by Gasteiger charge is 2.60. The Morgan fingerprint density at radius 3 is 2.47 bits per heavy atom. The Balaban J connectivity index is 1.45. The van der Waals surface area contributed by atoms with Gasteiger partial charge in [-0.25, -0.2) is 4.79 Å².